The molecule has 2 heterocycles. The first-order chi connectivity index (χ1) is 28.7. The number of nitrogens with zero attached hydrogens (tertiary/aromatic N) is 2. The van der Waals surface area contributed by atoms with Gasteiger partial charge in [0.15, 0.2) is 5.84 Å². The summed E-state index contributed by atoms with van der Waals surface area (Å²) in [6, 6.07) is 65.8. The second kappa shape index (κ2) is 14.0. The van der Waals surface area contributed by atoms with E-state index in [0.29, 0.717) is 18.2 Å². The lowest BCUT2D eigenvalue weighted by Gasteiger charge is -2.10. The van der Waals surface area contributed by atoms with Crippen LogP contribution in [0.15, 0.2) is 202 Å². The highest BCUT2D eigenvalue weighted by atomic mass is 32.1. The Morgan fingerprint density at radius 2 is 1.24 bits per heavy atom. The van der Waals surface area contributed by atoms with E-state index in [1.165, 1.54) is 41.7 Å². The van der Waals surface area contributed by atoms with Gasteiger partial charge in [-0.3, -0.25) is 4.99 Å². The molecule has 0 amide bonds. The van der Waals surface area contributed by atoms with Gasteiger partial charge in [0.1, 0.15) is 17.0 Å². The number of furan rings is 1. The van der Waals surface area contributed by atoms with Gasteiger partial charge in [0.05, 0.1) is 6.54 Å². The lowest BCUT2D eigenvalue weighted by atomic mass is 9.94. The topological polar surface area (TPSA) is 63.9 Å². The summed E-state index contributed by atoms with van der Waals surface area (Å²) in [4.78, 5) is 10.2. The number of hydrogen-bond acceptors (Lipinski definition) is 3. The first-order valence-corrected chi connectivity index (χ1v) is 20.3. The minimum atomic E-state index is 0.375. The molecule has 11 aromatic rings. The van der Waals surface area contributed by atoms with Gasteiger partial charge in [0.25, 0.3) is 0 Å². The monoisotopic (exact) mass is 761 g/mol. The number of thiophene rings is 1. The minimum Gasteiger partial charge on any atom is -0.455 e. The SMILES string of the molecule is NC(=NC(=NCc1ccc2ccccc2c1)c1ccc(-c2ccccc2)cc1)c1cccc2oc3c(-c4cc5c6ccccc6sc5c5ccccc45)cccc3c12. The van der Waals surface area contributed by atoms with E-state index in [1.807, 2.05) is 35.6 Å². The summed E-state index contributed by atoms with van der Waals surface area (Å²) in [5.41, 5.74) is 15.9. The van der Waals surface area contributed by atoms with Gasteiger partial charge in [-0.1, -0.05) is 164 Å². The van der Waals surface area contributed by atoms with Crippen molar-refractivity contribution in [1.82, 2.24) is 0 Å². The molecule has 0 aliphatic carbocycles. The maximum Gasteiger partial charge on any atom is 0.157 e. The number of benzene rings is 9. The molecule has 0 unspecified atom stereocenters. The fourth-order valence-corrected chi connectivity index (χ4v) is 9.58. The lowest BCUT2D eigenvalue weighted by molar-refractivity contribution is 0.670. The van der Waals surface area contributed by atoms with Crippen LogP contribution in [0.2, 0.25) is 0 Å². The Morgan fingerprint density at radius 3 is 2.10 bits per heavy atom. The van der Waals surface area contributed by atoms with Crippen molar-refractivity contribution in [2.24, 2.45) is 15.7 Å². The third kappa shape index (κ3) is 5.83. The molecule has 0 aliphatic heterocycles. The van der Waals surface area contributed by atoms with E-state index in [-0.39, 0.29) is 0 Å². The molecule has 0 fully saturated rings. The van der Waals surface area contributed by atoms with Gasteiger partial charge >= 0.3 is 0 Å². The van der Waals surface area contributed by atoms with Crippen molar-refractivity contribution in [2.75, 3.05) is 0 Å². The van der Waals surface area contributed by atoms with E-state index in [0.717, 1.165) is 60.9 Å². The predicted octanol–water partition coefficient (Wildman–Crippen LogP) is 13.9. The van der Waals surface area contributed by atoms with Crippen molar-refractivity contribution < 1.29 is 4.42 Å². The Hall–Kier alpha value is -7.34. The summed E-state index contributed by atoms with van der Waals surface area (Å²) < 4.78 is 9.39. The number of aliphatic imine (C=N–C) groups is 2. The Labute approximate surface area is 338 Å². The van der Waals surface area contributed by atoms with Crippen LogP contribution in [0.25, 0.3) is 85.9 Å². The third-order valence-corrected chi connectivity index (χ3v) is 12.4. The molecule has 5 heteroatoms. The quantitative estimate of drug-likeness (QED) is 0.135. The molecule has 0 spiro atoms. The summed E-state index contributed by atoms with van der Waals surface area (Å²) >= 11 is 1.85. The number of rotatable bonds is 6. The van der Waals surface area contributed by atoms with Crippen molar-refractivity contribution in [3.8, 4) is 22.3 Å². The van der Waals surface area contributed by atoms with E-state index < -0.39 is 0 Å². The maximum absolute atomic E-state index is 7.07. The fourth-order valence-electron chi connectivity index (χ4n) is 8.35. The summed E-state index contributed by atoms with van der Waals surface area (Å²) in [7, 11) is 0. The standard InChI is InChI=1S/C53H35N3OS/c54-52(56-53(37-28-26-36(27-29-37)34-12-2-1-3-13-34)55-32-33-24-25-35-14-4-5-15-38(35)30-33)44-21-11-22-47-49(44)43-20-10-19-41(50(43)57-47)45-31-46-40-17-8-9-23-48(40)58-51(46)42-18-7-6-16-39(42)45/h1-31H,32H2,(H2,54,55,56). The van der Waals surface area contributed by atoms with Crippen molar-refractivity contribution >= 4 is 86.7 Å². The number of nitrogens with two attached hydrogens (primary N) is 1. The van der Waals surface area contributed by atoms with Crippen LogP contribution in [0.5, 0.6) is 0 Å². The van der Waals surface area contributed by atoms with E-state index in [9.17, 15) is 0 Å². The molecule has 0 saturated carbocycles. The van der Waals surface area contributed by atoms with Gasteiger partial charge in [0.2, 0.25) is 0 Å². The average molecular weight is 762 g/mol. The van der Waals surface area contributed by atoms with Gasteiger partial charge < -0.3 is 10.2 Å². The number of amidine groups is 2. The molecule has 0 aliphatic rings. The zero-order chi connectivity index (χ0) is 38.6. The summed E-state index contributed by atoms with van der Waals surface area (Å²) in [5, 5.41) is 9.27. The highest BCUT2D eigenvalue weighted by Crippen LogP contribution is 2.45. The summed E-state index contributed by atoms with van der Waals surface area (Å²) in [6.45, 7) is 0.456. The Balaban J connectivity index is 1.05. The molecule has 2 N–H and O–H groups in total. The molecule has 2 aromatic heterocycles. The van der Waals surface area contributed by atoms with Crippen LogP contribution < -0.4 is 5.73 Å². The molecule has 0 bridgehead atoms. The van der Waals surface area contributed by atoms with Gasteiger partial charge in [-0.05, 0) is 62.7 Å². The van der Waals surface area contributed by atoms with Crippen LogP contribution in [0.4, 0.5) is 0 Å². The highest BCUT2D eigenvalue weighted by Gasteiger charge is 2.20. The van der Waals surface area contributed by atoms with Crippen molar-refractivity contribution in [1.29, 1.82) is 0 Å². The van der Waals surface area contributed by atoms with E-state index >= 15 is 0 Å². The van der Waals surface area contributed by atoms with Crippen LogP contribution in [0.1, 0.15) is 16.7 Å². The zero-order valence-corrected chi connectivity index (χ0v) is 32.2. The average Bonchev–Trinajstić information content (AvgIpc) is 3.87. The predicted molar refractivity (Wildman–Crippen MR) is 246 cm³/mol. The van der Waals surface area contributed by atoms with Crippen molar-refractivity contribution in [3.63, 3.8) is 0 Å². The summed E-state index contributed by atoms with van der Waals surface area (Å²) in [5.74, 6) is 0.943. The van der Waals surface area contributed by atoms with E-state index in [1.54, 1.807) is 0 Å². The van der Waals surface area contributed by atoms with Crippen LogP contribution in [0, 0.1) is 0 Å². The first kappa shape index (κ1) is 34.0. The van der Waals surface area contributed by atoms with Gasteiger partial charge in [0, 0.05) is 53.0 Å². The normalized spacial score (nSPS) is 12.5. The van der Waals surface area contributed by atoms with Crippen molar-refractivity contribution in [2.45, 2.75) is 6.54 Å². The van der Waals surface area contributed by atoms with Crippen LogP contribution in [0.3, 0.4) is 0 Å². The van der Waals surface area contributed by atoms with Crippen LogP contribution in [-0.4, -0.2) is 11.7 Å². The van der Waals surface area contributed by atoms with Gasteiger partial charge in [-0.2, -0.15) is 0 Å². The Kier molecular flexibility index (Phi) is 8.19. The second-order valence-corrected chi connectivity index (χ2v) is 15.7. The number of para-hydroxylation sites is 1. The minimum absolute atomic E-state index is 0.375. The molecule has 274 valence electrons. The molecular weight excluding hydrogens is 727 g/mol. The van der Waals surface area contributed by atoms with Crippen LogP contribution in [-0.2, 0) is 6.54 Å². The van der Waals surface area contributed by atoms with E-state index in [4.69, 9.17) is 20.1 Å². The van der Waals surface area contributed by atoms with Gasteiger partial charge in [-0.25, -0.2) is 4.99 Å². The molecule has 11 rings (SSSR count). The van der Waals surface area contributed by atoms with E-state index in [2.05, 4.69) is 164 Å². The first-order valence-electron chi connectivity index (χ1n) is 19.5. The van der Waals surface area contributed by atoms with Gasteiger partial charge in [-0.15, -0.1) is 11.3 Å². The third-order valence-electron chi connectivity index (χ3n) is 11.2. The molecule has 58 heavy (non-hydrogen) atoms. The fraction of sp³-hybridized carbons (Fsp3) is 0.0189. The maximum atomic E-state index is 7.07. The highest BCUT2D eigenvalue weighted by molar-refractivity contribution is 7.26. The summed E-state index contributed by atoms with van der Waals surface area (Å²) in [6.07, 6.45) is 0. The van der Waals surface area contributed by atoms with Crippen LogP contribution >= 0.6 is 11.3 Å². The molecule has 4 nitrogen and oxygen atoms in total. The second-order valence-electron chi connectivity index (χ2n) is 14.7. The Morgan fingerprint density at radius 1 is 0.534 bits per heavy atom. The molecule has 0 saturated heterocycles. The lowest BCUT2D eigenvalue weighted by Crippen LogP contribution is -2.17. The molecular formula is C53H35N3OS. The van der Waals surface area contributed by atoms with Crippen molar-refractivity contribution in [3.05, 3.63) is 205 Å². The molecule has 9 aromatic carbocycles. The Bertz CT molecular complexity index is 3430. The molecule has 0 radical (unpaired) electrons. The number of hydrogen-bond donors (Lipinski definition) is 1. The zero-order valence-electron chi connectivity index (χ0n) is 31.4. The largest absolute Gasteiger partial charge is 0.455 e. The number of fused-ring (bicyclic) bond motifs is 9. The smallest absolute Gasteiger partial charge is 0.157 e. The molecule has 0 atom stereocenters.